The zero-order valence-electron chi connectivity index (χ0n) is 13.9. The second-order valence-electron chi connectivity index (χ2n) is 6.14. The van der Waals surface area contributed by atoms with Crippen LogP contribution in [0.4, 0.5) is 19.0 Å². The van der Waals surface area contributed by atoms with Crippen LogP contribution < -0.4 is 5.32 Å². The number of anilines is 1. The molecular formula is C17H18F3N3O3. The maximum atomic E-state index is 12.3. The number of aryl methyl sites for hydroxylation is 1. The van der Waals surface area contributed by atoms with Gasteiger partial charge in [-0.3, -0.25) is 9.89 Å². The summed E-state index contributed by atoms with van der Waals surface area (Å²) in [7, 11) is 0. The van der Waals surface area contributed by atoms with E-state index in [0.29, 0.717) is 5.82 Å². The Hall–Kier alpha value is -2.84. The normalized spacial score (nSPS) is 14.8. The van der Waals surface area contributed by atoms with Crippen molar-refractivity contribution in [3.63, 3.8) is 0 Å². The quantitative estimate of drug-likeness (QED) is 0.771. The number of nitrogens with zero attached hydrogens (tertiary/aromatic N) is 1. The number of amides is 1. The van der Waals surface area contributed by atoms with Gasteiger partial charge in [0, 0.05) is 11.8 Å². The molecule has 9 heteroatoms. The van der Waals surface area contributed by atoms with Gasteiger partial charge in [-0.2, -0.15) is 18.3 Å². The first-order chi connectivity index (χ1) is 12.1. The molecule has 1 aromatic carbocycles. The van der Waals surface area contributed by atoms with Gasteiger partial charge in [0.1, 0.15) is 0 Å². The van der Waals surface area contributed by atoms with E-state index in [0.717, 1.165) is 25.0 Å². The third-order valence-electron chi connectivity index (χ3n) is 3.91. The lowest BCUT2D eigenvalue weighted by molar-refractivity contribution is -0.192. The molecule has 1 fully saturated rings. The number of carboxylic acids is 1. The number of carbonyl (C=O) groups is 2. The molecule has 26 heavy (non-hydrogen) atoms. The lowest BCUT2D eigenvalue weighted by Crippen LogP contribution is -2.26. The van der Waals surface area contributed by atoms with Gasteiger partial charge in [-0.1, -0.05) is 30.3 Å². The number of benzene rings is 1. The van der Waals surface area contributed by atoms with Gasteiger partial charge in [-0.15, -0.1) is 0 Å². The number of alkyl halides is 3. The van der Waals surface area contributed by atoms with Crippen molar-refractivity contribution in [2.24, 2.45) is 5.41 Å². The van der Waals surface area contributed by atoms with Gasteiger partial charge < -0.3 is 10.4 Å². The van der Waals surface area contributed by atoms with E-state index in [2.05, 4.69) is 27.6 Å². The van der Waals surface area contributed by atoms with Crippen LogP contribution in [0, 0.1) is 12.3 Å². The summed E-state index contributed by atoms with van der Waals surface area (Å²) in [5.41, 5.74) is 1.94. The van der Waals surface area contributed by atoms with Crippen molar-refractivity contribution in [2.45, 2.75) is 32.4 Å². The molecule has 0 radical (unpaired) electrons. The number of H-pyrrole nitrogens is 1. The van der Waals surface area contributed by atoms with Crippen molar-refractivity contribution in [2.75, 3.05) is 5.32 Å². The third kappa shape index (κ3) is 5.33. The van der Waals surface area contributed by atoms with Crippen molar-refractivity contribution in [1.29, 1.82) is 0 Å². The molecule has 0 spiro atoms. The highest BCUT2D eigenvalue weighted by Gasteiger charge is 2.49. The summed E-state index contributed by atoms with van der Waals surface area (Å²) in [6.45, 7) is 1.92. The smallest absolute Gasteiger partial charge is 0.475 e. The van der Waals surface area contributed by atoms with Crippen molar-refractivity contribution in [3.8, 4) is 0 Å². The van der Waals surface area contributed by atoms with E-state index in [-0.39, 0.29) is 11.3 Å². The van der Waals surface area contributed by atoms with Crippen LogP contribution in [0.2, 0.25) is 0 Å². The second kappa shape index (κ2) is 7.59. The van der Waals surface area contributed by atoms with E-state index in [4.69, 9.17) is 9.90 Å². The van der Waals surface area contributed by atoms with E-state index < -0.39 is 12.1 Å². The number of aromatic amines is 1. The summed E-state index contributed by atoms with van der Waals surface area (Å²) in [6, 6.07) is 12.0. The molecule has 1 aliphatic carbocycles. The number of halogens is 3. The Morgan fingerprint density at radius 1 is 1.27 bits per heavy atom. The molecule has 0 saturated heterocycles. The summed E-state index contributed by atoms with van der Waals surface area (Å²) in [5.74, 6) is -2.06. The highest BCUT2D eigenvalue weighted by Crippen LogP contribution is 2.49. The molecule has 1 saturated carbocycles. The van der Waals surface area contributed by atoms with E-state index in [9.17, 15) is 18.0 Å². The van der Waals surface area contributed by atoms with Gasteiger partial charge in [0.25, 0.3) is 0 Å². The van der Waals surface area contributed by atoms with Crippen LogP contribution in [0.3, 0.4) is 0 Å². The maximum absolute atomic E-state index is 12.3. The average molecular weight is 369 g/mol. The summed E-state index contributed by atoms with van der Waals surface area (Å²) >= 11 is 0. The summed E-state index contributed by atoms with van der Waals surface area (Å²) in [5, 5.41) is 16.9. The molecule has 1 aliphatic rings. The number of hydrogen-bond donors (Lipinski definition) is 3. The lowest BCUT2D eigenvalue weighted by atomic mass is 9.95. The molecule has 0 atom stereocenters. The predicted octanol–water partition coefficient (Wildman–Crippen LogP) is 3.31. The topological polar surface area (TPSA) is 95.1 Å². The van der Waals surface area contributed by atoms with Crippen LogP contribution in [-0.4, -0.2) is 33.4 Å². The minimum absolute atomic E-state index is 0.0860. The predicted molar refractivity (Wildman–Crippen MR) is 87.5 cm³/mol. The van der Waals surface area contributed by atoms with Crippen LogP contribution >= 0.6 is 0 Å². The van der Waals surface area contributed by atoms with E-state index in [1.807, 2.05) is 31.2 Å². The summed E-state index contributed by atoms with van der Waals surface area (Å²) < 4.78 is 31.7. The van der Waals surface area contributed by atoms with Gasteiger partial charge in [0.05, 0.1) is 5.41 Å². The number of nitrogens with one attached hydrogen (secondary N) is 2. The monoisotopic (exact) mass is 369 g/mol. The standard InChI is InChI=1S/C15H17N3O.C2HF3O2/c1-11-9-13(18-17-11)16-14(19)15(7-8-15)10-12-5-3-2-4-6-12;3-2(4,5)1(6)7/h2-6,9H,7-8,10H2,1H3,(H2,16,17,18,19);(H,6,7). The molecule has 1 amide bonds. The largest absolute Gasteiger partial charge is 0.490 e. The van der Waals surface area contributed by atoms with Crippen molar-refractivity contribution >= 4 is 17.7 Å². The van der Waals surface area contributed by atoms with Gasteiger partial charge in [0.15, 0.2) is 5.82 Å². The minimum Gasteiger partial charge on any atom is -0.475 e. The lowest BCUT2D eigenvalue weighted by Gasteiger charge is -2.14. The zero-order valence-corrected chi connectivity index (χ0v) is 13.9. The molecule has 0 aliphatic heterocycles. The van der Waals surface area contributed by atoms with E-state index in [1.165, 1.54) is 5.56 Å². The van der Waals surface area contributed by atoms with Crippen LogP contribution in [0.5, 0.6) is 0 Å². The Morgan fingerprint density at radius 2 is 1.85 bits per heavy atom. The number of carboxylic acid groups (broad SMARTS) is 1. The summed E-state index contributed by atoms with van der Waals surface area (Å²) in [6.07, 6.45) is -2.36. The fraction of sp³-hybridized carbons (Fsp3) is 0.353. The van der Waals surface area contributed by atoms with Gasteiger partial charge in [-0.05, 0) is 31.7 Å². The third-order valence-corrected chi connectivity index (χ3v) is 3.91. The highest BCUT2D eigenvalue weighted by atomic mass is 19.4. The van der Waals surface area contributed by atoms with Gasteiger partial charge in [-0.25, -0.2) is 4.79 Å². The molecule has 1 heterocycles. The van der Waals surface area contributed by atoms with E-state index in [1.54, 1.807) is 0 Å². The SMILES string of the molecule is Cc1cc(NC(=O)C2(Cc3ccccc3)CC2)n[nH]1.O=C(O)C(F)(F)F. The molecule has 3 N–H and O–H groups in total. The van der Waals surface area contributed by atoms with Gasteiger partial charge >= 0.3 is 12.1 Å². The molecule has 0 unspecified atom stereocenters. The molecule has 140 valence electrons. The van der Waals surface area contributed by atoms with Gasteiger partial charge in [0.2, 0.25) is 5.91 Å². The number of hydrogen-bond acceptors (Lipinski definition) is 3. The van der Waals surface area contributed by atoms with Crippen LogP contribution in [0.25, 0.3) is 0 Å². The number of rotatable bonds is 4. The van der Waals surface area contributed by atoms with E-state index >= 15 is 0 Å². The minimum atomic E-state index is -5.08. The van der Waals surface area contributed by atoms with Crippen molar-refractivity contribution < 1.29 is 27.9 Å². The Bertz CT molecular complexity index is 768. The Balaban J connectivity index is 0.000000298. The molecular weight excluding hydrogens is 351 g/mol. The first-order valence-electron chi connectivity index (χ1n) is 7.80. The fourth-order valence-corrected chi connectivity index (χ4v) is 2.35. The molecule has 3 rings (SSSR count). The Morgan fingerprint density at radius 3 is 2.27 bits per heavy atom. The average Bonchev–Trinajstić information content (AvgIpc) is 3.23. The maximum Gasteiger partial charge on any atom is 0.490 e. The summed E-state index contributed by atoms with van der Waals surface area (Å²) in [4.78, 5) is 21.2. The molecule has 0 bridgehead atoms. The molecule has 1 aromatic heterocycles. The van der Waals surface area contributed by atoms with Crippen molar-refractivity contribution in [3.05, 3.63) is 47.7 Å². The second-order valence-corrected chi connectivity index (χ2v) is 6.14. The van der Waals surface area contributed by atoms with Crippen LogP contribution in [0.15, 0.2) is 36.4 Å². The first kappa shape index (κ1) is 19.5. The fourth-order valence-electron chi connectivity index (χ4n) is 2.35. The van der Waals surface area contributed by atoms with Crippen molar-refractivity contribution in [1.82, 2.24) is 10.2 Å². The first-order valence-corrected chi connectivity index (χ1v) is 7.80. The molecule has 2 aromatic rings. The Kier molecular flexibility index (Phi) is 5.69. The Labute approximate surface area is 147 Å². The van der Waals surface area contributed by atoms with Crippen LogP contribution in [-0.2, 0) is 16.0 Å². The zero-order chi connectivity index (χ0) is 19.4. The number of aromatic nitrogens is 2. The molecule has 6 nitrogen and oxygen atoms in total. The van der Waals surface area contributed by atoms with Crippen LogP contribution in [0.1, 0.15) is 24.1 Å². The highest BCUT2D eigenvalue weighted by molar-refractivity contribution is 5.96. The number of carbonyl (C=O) groups excluding carboxylic acids is 1. The number of aliphatic carboxylic acids is 1.